The van der Waals surface area contributed by atoms with Crippen LogP contribution in [0.15, 0.2) is 36.5 Å². The first-order chi connectivity index (χ1) is 16.1. The van der Waals surface area contributed by atoms with Gasteiger partial charge in [-0.05, 0) is 18.2 Å². The lowest BCUT2D eigenvalue weighted by Crippen LogP contribution is -2.17. The molecule has 0 unspecified atom stereocenters. The van der Waals surface area contributed by atoms with E-state index >= 15 is 0 Å². The van der Waals surface area contributed by atoms with Gasteiger partial charge in [0.2, 0.25) is 5.75 Å². The molecule has 11 nitrogen and oxygen atoms in total. The Kier molecular flexibility index (Phi) is 7.92. The Morgan fingerprint density at radius 1 is 0.909 bits per heavy atom. The van der Waals surface area contributed by atoms with Gasteiger partial charge >= 0.3 is 6.09 Å². The number of carbonyl (C=O) groups is 1. The average Bonchev–Trinajstić information content (AvgIpc) is 3.33. The quantitative estimate of drug-likeness (QED) is 0.457. The van der Waals surface area contributed by atoms with Gasteiger partial charge in [-0.15, -0.1) is 5.10 Å². The lowest BCUT2D eigenvalue weighted by Gasteiger charge is -2.15. The molecule has 0 aliphatic carbocycles. The van der Waals surface area contributed by atoms with Gasteiger partial charge in [0.1, 0.15) is 12.4 Å². The molecular formula is C22H26N4O7. The predicted octanol–water partition coefficient (Wildman–Crippen LogP) is 3.16. The van der Waals surface area contributed by atoms with Gasteiger partial charge < -0.3 is 28.4 Å². The van der Waals surface area contributed by atoms with E-state index in [0.717, 1.165) is 5.56 Å². The van der Waals surface area contributed by atoms with Crippen molar-refractivity contribution in [2.45, 2.75) is 0 Å². The fourth-order valence-corrected chi connectivity index (χ4v) is 3.14. The molecule has 0 spiro atoms. The van der Waals surface area contributed by atoms with E-state index in [2.05, 4.69) is 15.6 Å². The fraction of sp³-hybridized carbons (Fsp3) is 0.318. The highest BCUT2D eigenvalue weighted by atomic mass is 16.6. The van der Waals surface area contributed by atoms with E-state index in [4.69, 9.17) is 28.4 Å². The number of methoxy groups -OCH3 is 5. The molecule has 1 aromatic heterocycles. The molecule has 0 saturated carbocycles. The van der Waals surface area contributed by atoms with E-state index < -0.39 is 6.09 Å². The molecule has 0 saturated heterocycles. The zero-order chi connectivity index (χ0) is 23.8. The number of amides is 1. The number of hydrogen-bond donors (Lipinski definition) is 1. The molecule has 176 valence electrons. The molecule has 11 heteroatoms. The van der Waals surface area contributed by atoms with E-state index in [0.29, 0.717) is 46.7 Å². The number of aromatic nitrogens is 3. The molecule has 1 amide bonds. The number of rotatable bonds is 10. The second-order valence-corrected chi connectivity index (χ2v) is 6.58. The number of carbonyl (C=O) groups excluding carboxylic acids is 1. The summed E-state index contributed by atoms with van der Waals surface area (Å²) in [6.45, 7) is 0.423. The maximum Gasteiger partial charge on any atom is 0.411 e. The van der Waals surface area contributed by atoms with Crippen LogP contribution in [0.2, 0.25) is 0 Å². The number of anilines is 1. The Morgan fingerprint density at radius 3 is 2.21 bits per heavy atom. The molecule has 0 bridgehead atoms. The van der Waals surface area contributed by atoms with Crippen LogP contribution >= 0.6 is 0 Å². The average molecular weight is 458 g/mol. The summed E-state index contributed by atoms with van der Waals surface area (Å²) >= 11 is 0. The standard InChI is InChI=1S/C22H26N4O7/c1-28-8-9-33-22(27)24-16-10-14(6-7-18(16)29-2)17-13-23-25-26(17)15-11-19(30-3)21(32-5)20(12-15)31-4/h6-7,10-13H,8-9H2,1-5H3,(H,24,27). The van der Waals surface area contributed by atoms with Gasteiger partial charge in [-0.25, -0.2) is 9.48 Å². The summed E-state index contributed by atoms with van der Waals surface area (Å²) in [5.41, 5.74) is 2.45. The maximum absolute atomic E-state index is 12.1. The Hall–Kier alpha value is -3.99. The van der Waals surface area contributed by atoms with Gasteiger partial charge in [0.15, 0.2) is 11.5 Å². The molecule has 0 aliphatic rings. The molecule has 0 radical (unpaired) electrons. The minimum absolute atomic E-state index is 0.127. The highest BCUT2D eigenvalue weighted by molar-refractivity contribution is 5.88. The number of nitrogens with one attached hydrogen (secondary N) is 1. The van der Waals surface area contributed by atoms with Gasteiger partial charge in [-0.1, -0.05) is 5.21 Å². The van der Waals surface area contributed by atoms with Crippen molar-refractivity contribution in [1.29, 1.82) is 0 Å². The highest BCUT2D eigenvalue weighted by Gasteiger charge is 2.18. The van der Waals surface area contributed by atoms with Crippen LogP contribution in [0.4, 0.5) is 10.5 Å². The molecular weight excluding hydrogens is 432 g/mol. The number of hydrogen-bond acceptors (Lipinski definition) is 9. The van der Waals surface area contributed by atoms with Crippen molar-refractivity contribution in [1.82, 2.24) is 15.0 Å². The Balaban J connectivity index is 1.99. The van der Waals surface area contributed by atoms with Crippen LogP contribution in [0.3, 0.4) is 0 Å². The first kappa shape index (κ1) is 23.7. The summed E-state index contributed by atoms with van der Waals surface area (Å²) in [6.07, 6.45) is 0.977. The molecule has 1 heterocycles. The number of nitrogens with zero attached hydrogens (tertiary/aromatic N) is 3. The third-order valence-corrected chi connectivity index (χ3v) is 4.70. The van der Waals surface area contributed by atoms with Crippen molar-refractivity contribution in [3.05, 3.63) is 36.5 Å². The normalized spacial score (nSPS) is 10.5. The first-order valence-corrected chi connectivity index (χ1v) is 9.88. The third kappa shape index (κ3) is 5.26. The molecule has 3 rings (SSSR count). The summed E-state index contributed by atoms with van der Waals surface area (Å²) < 4.78 is 33.2. The molecule has 2 aromatic carbocycles. The van der Waals surface area contributed by atoms with E-state index in [9.17, 15) is 4.79 Å². The molecule has 1 N–H and O–H groups in total. The molecule has 0 fully saturated rings. The Morgan fingerprint density at radius 2 is 1.61 bits per heavy atom. The summed E-state index contributed by atoms with van der Waals surface area (Å²) in [6, 6.07) is 8.81. The van der Waals surface area contributed by atoms with E-state index in [1.165, 1.54) is 35.5 Å². The van der Waals surface area contributed by atoms with Gasteiger partial charge in [0, 0.05) is 24.8 Å². The van der Waals surface area contributed by atoms with Crippen LogP contribution in [-0.4, -0.2) is 69.8 Å². The summed E-state index contributed by atoms with van der Waals surface area (Å²) in [7, 11) is 7.65. The summed E-state index contributed by atoms with van der Waals surface area (Å²) in [5.74, 6) is 1.89. The lowest BCUT2D eigenvalue weighted by atomic mass is 10.1. The van der Waals surface area contributed by atoms with Crippen LogP contribution < -0.4 is 24.3 Å². The van der Waals surface area contributed by atoms with Crippen molar-refractivity contribution in [3.8, 4) is 39.9 Å². The SMILES string of the molecule is COCCOC(=O)Nc1cc(-c2cnnn2-c2cc(OC)c(OC)c(OC)c2)ccc1OC. The highest BCUT2D eigenvalue weighted by Crippen LogP contribution is 2.40. The first-order valence-electron chi connectivity index (χ1n) is 9.88. The van der Waals surface area contributed by atoms with Gasteiger partial charge in [-0.2, -0.15) is 0 Å². The molecule has 0 atom stereocenters. The lowest BCUT2D eigenvalue weighted by molar-refractivity contribution is 0.107. The zero-order valence-electron chi connectivity index (χ0n) is 19.1. The van der Waals surface area contributed by atoms with E-state index in [1.54, 1.807) is 35.1 Å². The van der Waals surface area contributed by atoms with Crippen molar-refractivity contribution in [3.63, 3.8) is 0 Å². The summed E-state index contributed by atoms with van der Waals surface area (Å²) in [5, 5.41) is 10.9. The minimum Gasteiger partial charge on any atom is -0.495 e. The van der Waals surface area contributed by atoms with Gasteiger partial charge in [-0.3, -0.25) is 5.32 Å². The van der Waals surface area contributed by atoms with Crippen LogP contribution in [0.1, 0.15) is 0 Å². The van der Waals surface area contributed by atoms with Crippen LogP contribution in [0, 0.1) is 0 Å². The zero-order valence-corrected chi connectivity index (χ0v) is 19.1. The Labute approximate surface area is 191 Å². The predicted molar refractivity (Wildman–Crippen MR) is 120 cm³/mol. The second-order valence-electron chi connectivity index (χ2n) is 6.58. The largest absolute Gasteiger partial charge is 0.495 e. The van der Waals surface area contributed by atoms with Crippen molar-refractivity contribution in [2.24, 2.45) is 0 Å². The number of ether oxygens (including phenoxy) is 6. The maximum atomic E-state index is 12.1. The molecule has 0 aliphatic heterocycles. The van der Waals surface area contributed by atoms with E-state index in [1.807, 2.05) is 6.07 Å². The molecule has 33 heavy (non-hydrogen) atoms. The monoisotopic (exact) mass is 458 g/mol. The fourth-order valence-electron chi connectivity index (χ4n) is 3.14. The molecule has 3 aromatic rings. The van der Waals surface area contributed by atoms with Crippen LogP contribution in [0.5, 0.6) is 23.0 Å². The van der Waals surface area contributed by atoms with Crippen molar-refractivity contribution >= 4 is 11.8 Å². The van der Waals surface area contributed by atoms with Crippen LogP contribution in [-0.2, 0) is 9.47 Å². The van der Waals surface area contributed by atoms with E-state index in [-0.39, 0.29) is 6.61 Å². The topological polar surface area (TPSA) is 115 Å². The smallest absolute Gasteiger partial charge is 0.411 e. The van der Waals surface area contributed by atoms with Crippen LogP contribution in [0.25, 0.3) is 16.9 Å². The van der Waals surface area contributed by atoms with Crippen molar-refractivity contribution in [2.75, 3.05) is 54.1 Å². The Bertz CT molecular complexity index is 1080. The van der Waals surface area contributed by atoms with Crippen molar-refractivity contribution < 1.29 is 33.2 Å². The van der Waals surface area contributed by atoms with Gasteiger partial charge in [0.05, 0.1) is 58.3 Å². The van der Waals surface area contributed by atoms with Gasteiger partial charge in [0.25, 0.3) is 0 Å². The minimum atomic E-state index is -0.626. The number of benzene rings is 2. The summed E-state index contributed by atoms with van der Waals surface area (Å²) in [4.78, 5) is 12.1. The second kappa shape index (κ2) is 11.0. The third-order valence-electron chi connectivity index (χ3n) is 4.70.